The topological polar surface area (TPSA) is 29.3 Å². The molecule has 0 bridgehead atoms. The Labute approximate surface area is 88.2 Å². The maximum atomic E-state index is 5.94. The Morgan fingerprint density at radius 3 is 2.93 bits per heavy atom. The van der Waals surface area contributed by atoms with Gasteiger partial charge in [0.05, 0.1) is 0 Å². The summed E-state index contributed by atoms with van der Waals surface area (Å²) in [6.45, 7) is 11.8. The number of nitrogens with two attached hydrogens (primary N) is 1. The van der Waals surface area contributed by atoms with Crippen molar-refractivity contribution in [2.75, 3.05) is 19.6 Å². The predicted molar refractivity (Wildman–Crippen MR) is 62.2 cm³/mol. The molecule has 1 heterocycles. The molecule has 1 aliphatic rings. The van der Waals surface area contributed by atoms with E-state index in [-0.39, 0.29) is 0 Å². The summed E-state index contributed by atoms with van der Waals surface area (Å²) in [7, 11) is 0. The highest BCUT2D eigenvalue weighted by atomic mass is 15.1. The second-order valence-corrected chi connectivity index (χ2v) is 4.77. The van der Waals surface area contributed by atoms with Crippen LogP contribution in [-0.2, 0) is 0 Å². The lowest BCUT2D eigenvalue weighted by Gasteiger charge is -2.34. The summed E-state index contributed by atoms with van der Waals surface area (Å²) in [6, 6.07) is 0.350. The molecule has 2 heteroatoms. The summed E-state index contributed by atoms with van der Waals surface area (Å²) in [6.07, 6.45) is 3.75. The van der Waals surface area contributed by atoms with Gasteiger partial charge in [0.1, 0.15) is 0 Å². The van der Waals surface area contributed by atoms with E-state index in [0.717, 1.165) is 6.42 Å². The van der Waals surface area contributed by atoms with Crippen LogP contribution in [0.4, 0.5) is 0 Å². The molecule has 2 atom stereocenters. The molecule has 2 nitrogen and oxygen atoms in total. The normalized spacial score (nSPS) is 26.1. The standard InChI is InChI=1S/C12H24N2/c1-10(2)6-8-14-7-4-5-12(9-14)11(3)13/h11-12H,1,4-9,13H2,2-3H3. The van der Waals surface area contributed by atoms with Gasteiger partial charge in [-0.3, -0.25) is 0 Å². The third kappa shape index (κ3) is 3.81. The van der Waals surface area contributed by atoms with Crippen molar-refractivity contribution < 1.29 is 0 Å². The molecule has 1 aliphatic heterocycles. The molecule has 0 aromatic carbocycles. The first-order chi connectivity index (χ1) is 6.59. The number of hydrogen-bond acceptors (Lipinski definition) is 2. The van der Waals surface area contributed by atoms with Crippen molar-refractivity contribution in [1.82, 2.24) is 4.90 Å². The van der Waals surface area contributed by atoms with E-state index in [1.165, 1.54) is 38.0 Å². The fraction of sp³-hybridized carbons (Fsp3) is 0.833. The summed E-state index contributed by atoms with van der Waals surface area (Å²) in [5, 5.41) is 0. The van der Waals surface area contributed by atoms with Crippen LogP contribution in [-0.4, -0.2) is 30.6 Å². The molecule has 0 spiro atoms. The van der Waals surface area contributed by atoms with Gasteiger partial charge in [0, 0.05) is 19.1 Å². The van der Waals surface area contributed by atoms with E-state index in [1.54, 1.807) is 0 Å². The zero-order valence-corrected chi connectivity index (χ0v) is 9.63. The highest BCUT2D eigenvalue weighted by Crippen LogP contribution is 2.19. The third-order valence-electron chi connectivity index (χ3n) is 3.14. The lowest BCUT2D eigenvalue weighted by atomic mass is 9.92. The molecule has 0 radical (unpaired) electrons. The van der Waals surface area contributed by atoms with Crippen LogP contribution >= 0.6 is 0 Å². The number of likely N-dealkylation sites (tertiary alicyclic amines) is 1. The molecule has 1 saturated heterocycles. The van der Waals surface area contributed by atoms with Gasteiger partial charge in [-0.25, -0.2) is 0 Å². The van der Waals surface area contributed by atoms with Crippen LogP contribution < -0.4 is 5.73 Å². The van der Waals surface area contributed by atoms with Crippen LogP contribution in [0.1, 0.15) is 33.1 Å². The van der Waals surface area contributed by atoms with Gasteiger partial charge in [0.15, 0.2) is 0 Å². The van der Waals surface area contributed by atoms with Gasteiger partial charge in [0.25, 0.3) is 0 Å². The summed E-state index contributed by atoms with van der Waals surface area (Å²) in [5.74, 6) is 0.703. The van der Waals surface area contributed by atoms with Crippen LogP contribution in [0.2, 0.25) is 0 Å². The molecule has 2 unspecified atom stereocenters. The third-order valence-corrected chi connectivity index (χ3v) is 3.14. The maximum Gasteiger partial charge on any atom is 0.00509 e. The molecule has 0 aromatic rings. The Kier molecular flexibility index (Phi) is 4.63. The lowest BCUT2D eigenvalue weighted by molar-refractivity contribution is 0.163. The second-order valence-electron chi connectivity index (χ2n) is 4.77. The van der Waals surface area contributed by atoms with Crippen molar-refractivity contribution in [3.05, 3.63) is 12.2 Å². The Morgan fingerprint density at radius 1 is 1.64 bits per heavy atom. The number of hydrogen-bond donors (Lipinski definition) is 1. The van der Waals surface area contributed by atoms with E-state index in [1.807, 2.05) is 0 Å². The SMILES string of the molecule is C=C(C)CCN1CCCC(C(C)N)C1. The van der Waals surface area contributed by atoms with Gasteiger partial charge in [-0.1, -0.05) is 5.57 Å². The molecule has 1 rings (SSSR count). The summed E-state index contributed by atoms with van der Waals surface area (Å²) in [4.78, 5) is 2.53. The van der Waals surface area contributed by atoms with Gasteiger partial charge in [-0.05, 0) is 45.6 Å². The van der Waals surface area contributed by atoms with Crippen molar-refractivity contribution in [3.63, 3.8) is 0 Å². The summed E-state index contributed by atoms with van der Waals surface area (Å²) >= 11 is 0. The molecule has 0 aromatic heterocycles. The van der Waals surface area contributed by atoms with Gasteiger partial charge < -0.3 is 10.6 Å². The number of piperidine rings is 1. The number of nitrogens with zero attached hydrogens (tertiary/aromatic N) is 1. The smallest absolute Gasteiger partial charge is 0.00509 e. The number of rotatable bonds is 4. The van der Waals surface area contributed by atoms with Crippen LogP contribution in [0, 0.1) is 5.92 Å². The Morgan fingerprint density at radius 2 is 2.36 bits per heavy atom. The second kappa shape index (κ2) is 5.52. The van der Waals surface area contributed by atoms with Crippen molar-refractivity contribution in [3.8, 4) is 0 Å². The molecule has 2 N–H and O–H groups in total. The van der Waals surface area contributed by atoms with Crippen molar-refractivity contribution >= 4 is 0 Å². The molecular weight excluding hydrogens is 172 g/mol. The van der Waals surface area contributed by atoms with Gasteiger partial charge in [0.2, 0.25) is 0 Å². The van der Waals surface area contributed by atoms with Crippen LogP contribution in [0.5, 0.6) is 0 Å². The average molecular weight is 196 g/mol. The molecule has 82 valence electrons. The lowest BCUT2D eigenvalue weighted by Crippen LogP contribution is -2.42. The minimum atomic E-state index is 0.350. The largest absolute Gasteiger partial charge is 0.328 e. The molecule has 14 heavy (non-hydrogen) atoms. The monoisotopic (exact) mass is 196 g/mol. The molecule has 0 amide bonds. The van der Waals surface area contributed by atoms with Crippen molar-refractivity contribution in [1.29, 1.82) is 0 Å². The van der Waals surface area contributed by atoms with Crippen LogP contribution in [0.25, 0.3) is 0 Å². The van der Waals surface area contributed by atoms with Crippen LogP contribution in [0.3, 0.4) is 0 Å². The minimum absolute atomic E-state index is 0.350. The van der Waals surface area contributed by atoms with Gasteiger partial charge in [-0.2, -0.15) is 0 Å². The first-order valence-corrected chi connectivity index (χ1v) is 5.72. The highest BCUT2D eigenvalue weighted by molar-refractivity contribution is 4.89. The fourth-order valence-corrected chi connectivity index (χ4v) is 2.07. The first kappa shape index (κ1) is 11.7. The van der Waals surface area contributed by atoms with Crippen LogP contribution in [0.15, 0.2) is 12.2 Å². The van der Waals surface area contributed by atoms with E-state index >= 15 is 0 Å². The molecule has 1 fully saturated rings. The first-order valence-electron chi connectivity index (χ1n) is 5.72. The van der Waals surface area contributed by atoms with Gasteiger partial charge in [-0.15, -0.1) is 6.58 Å². The van der Waals surface area contributed by atoms with E-state index in [0.29, 0.717) is 12.0 Å². The molecule has 0 saturated carbocycles. The Bertz CT molecular complexity index is 187. The predicted octanol–water partition coefficient (Wildman–Crippen LogP) is 2.01. The van der Waals surface area contributed by atoms with Gasteiger partial charge >= 0.3 is 0 Å². The van der Waals surface area contributed by atoms with E-state index in [4.69, 9.17) is 5.73 Å². The van der Waals surface area contributed by atoms with E-state index in [9.17, 15) is 0 Å². The zero-order chi connectivity index (χ0) is 10.6. The summed E-state index contributed by atoms with van der Waals surface area (Å²) < 4.78 is 0. The van der Waals surface area contributed by atoms with Crippen molar-refractivity contribution in [2.45, 2.75) is 39.2 Å². The molecular formula is C12H24N2. The summed E-state index contributed by atoms with van der Waals surface area (Å²) in [5.41, 5.74) is 7.23. The molecule has 0 aliphatic carbocycles. The fourth-order valence-electron chi connectivity index (χ4n) is 2.07. The van der Waals surface area contributed by atoms with E-state index < -0.39 is 0 Å². The average Bonchev–Trinajstić information content (AvgIpc) is 2.15. The zero-order valence-electron chi connectivity index (χ0n) is 9.63. The minimum Gasteiger partial charge on any atom is -0.328 e. The Balaban J connectivity index is 2.29. The Hall–Kier alpha value is -0.340. The van der Waals surface area contributed by atoms with E-state index in [2.05, 4.69) is 25.3 Å². The van der Waals surface area contributed by atoms with Crippen molar-refractivity contribution in [2.24, 2.45) is 11.7 Å². The maximum absolute atomic E-state index is 5.94. The quantitative estimate of drug-likeness (QED) is 0.697. The highest BCUT2D eigenvalue weighted by Gasteiger charge is 2.21.